The van der Waals surface area contributed by atoms with Crippen molar-refractivity contribution in [2.24, 2.45) is 5.92 Å². The lowest BCUT2D eigenvalue weighted by Crippen LogP contribution is -2.39. The van der Waals surface area contributed by atoms with Crippen molar-refractivity contribution in [3.63, 3.8) is 0 Å². The Morgan fingerprint density at radius 1 is 1.44 bits per heavy atom. The molecule has 1 aromatic heterocycles. The minimum atomic E-state index is -1.03. The van der Waals surface area contributed by atoms with Gasteiger partial charge in [0.15, 0.2) is 0 Å². The standard InChI is InChI=1S/C12H16N2O3S/c1-7-3-2-4-9(7)13-12(17)14-10-8(11(15)16)5-6-18-10/h5-7,9H,2-4H2,1H3,(H,15,16)(H2,13,14,17). The summed E-state index contributed by atoms with van der Waals surface area (Å²) in [6, 6.07) is 1.36. The maximum absolute atomic E-state index is 11.8. The van der Waals surface area contributed by atoms with Crippen molar-refractivity contribution in [3.8, 4) is 0 Å². The van der Waals surface area contributed by atoms with E-state index in [4.69, 9.17) is 5.11 Å². The van der Waals surface area contributed by atoms with Crippen LogP contribution in [-0.4, -0.2) is 23.1 Å². The van der Waals surface area contributed by atoms with E-state index in [2.05, 4.69) is 17.6 Å². The number of carbonyl (C=O) groups excluding carboxylic acids is 1. The van der Waals surface area contributed by atoms with Gasteiger partial charge in [-0.2, -0.15) is 0 Å². The van der Waals surface area contributed by atoms with Crippen molar-refractivity contribution in [2.75, 3.05) is 5.32 Å². The zero-order valence-corrected chi connectivity index (χ0v) is 10.9. The van der Waals surface area contributed by atoms with Gasteiger partial charge in [0.25, 0.3) is 0 Å². The first kappa shape index (κ1) is 12.9. The van der Waals surface area contributed by atoms with Gasteiger partial charge in [-0.05, 0) is 30.2 Å². The van der Waals surface area contributed by atoms with Gasteiger partial charge < -0.3 is 10.4 Å². The van der Waals surface area contributed by atoms with Gasteiger partial charge in [0, 0.05) is 6.04 Å². The van der Waals surface area contributed by atoms with Gasteiger partial charge in [-0.15, -0.1) is 11.3 Å². The lowest BCUT2D eigenvalue weighted by molar-refractivity contribution is 0.0698. The van der Waals surface area contributed by atoms with E-state index in [1.54, 1.807) is 5.38 Å². The molecular formula is C12H16N2O3S. The normalized spacial score (nSPS) is 22.7. The second-order valence-electron chi connectivity index (χ2n) is 4.58. The zero-order chi connectivity index (χ0) is 13.1. The molecule has 0 aliphatic heterocycles. The Bertz CT molecular complexity index is 458. The van der Waals surface area contributed by atoms with E-state index in [1.165, 1.54) is 17.4 Å². The van der Waals surface area contributed by atoms with Crippen molar-refractivity contribution in [2.45, 2.75) is 32.2 Å². The number of carboxylic acids is 1. The molecule has 1 aliphatic carbocycles. The molecule has 2 amide bonds. The number of aromatic carboxylic acids is 1. The molecular weight excluding hydrogens is 252 g/mol. The first-order valence-corrected chi connectivity index (χ1v) is 6.84. The highest BCUT2D eigenvalue weighted by Crippen LogP contribution is 2.26. The number of amides is 2. The quantitative estimate of drug-likeness (QED) is 0.788. The Hall–Kier alpha value is -1.56. The molecule has 1 aliphatic rings. The Morgan fingerprint density at radius 2 is 2.22 bits per heavy atom. The molecule has 6 heteroatoms. The molecule has 0 spiro atoms. The van der Waals surface area contributed by atoms with Gasteiger partial charge in [0.1, 0.15) is 5.00 Å². The van der Waals surface area contributed by atoms with E-state index < -0.39 is 5.97 Å². The average Bonchev–Trinajstić information content (AvgIpc) is 2.89. The molecule has 98 valence electrons. The number of nitrogens with one attached hydrogen (secondary N) is 2. The van der Waals surface area contributed by atoms with Crippen LogP contribution in [0.3, 0.4) is 0 Å². The third-order valence-electron chi connectivity index (χ3n) is 3.30. The predicted octanol–water partition coefficient (Wildman–Crippen LogP) is 2.76. The number of thiophene rings is 1. The molecule has 1 aromatic rings. The van der Waals surface area contributed by atoms with Gasteiger partial charge in [-0.25, -0.2) is 9.59 Å². The van der Waals surface area contributed by atoms with E-state index in [0.717, 1.165) is 19.3 Å². The molecule has 1 saturated carbocycles. The van der Waals surface area contributed by atoms with E-state index in [1.807, 2.05) is 0 Å². The predicted molar refractivity (Wildman–Crippen MR) is 70.2 cm³/mol. The highest BCUT2D eigenvalue weighted by Gasteiger charge is 2.25. The summed E-state index contributed by atoms with van der Waals surface area (Å²) in [6.45, 7) is 2.12. The topological polar surface area (TPSA) is 78.4 Å². The van der Waals surface area contributed by atoms with Crippen molar-refractivity contribution < 1.29 is 14.7 Å². The lowest BCUT2D eigenvalue weighted by Gasteiger charge is -2.17. The highest BCUT2D eigenvalue weighted by molar-refractivity contribution is 7.14. The monoisotopic (exact) mass is 268 g/mol. The van der Waals surface area contributed by atoms with E-state index in [-0.39, 0.29) is 17.6 Å². The third-order valence-corrected chi connectivity index (χ3v) is 4.13. The van der Waals surface area contributed by atoms with Crippen LogP contribution in [0.5, 0.6) is 0 Å². The molecule has 2 rings (SSSR count). The van der Waals surface area contributed by atoms with Crippen molar-refractivity contribution >= 4 is 28.3 Å². The van der Waals surface area contributed by atoms with Crippen LogP contribution in [0.2, 0.25) is 0 Å². The van der Waals surface area contributed by atoms with Crippen LogP contribution < -0.4 is 10.6 Å². The second kappa shape index (κ2) is 5.39. The number of hydrogen-bond donors (Lipinski definition) is 3. The fourth-order valence-electron chi connectivity index (χ4n) is 2.24. The molecule has 2 atom stereocenters. The Morgan fingerprint density at radius 3 is 2.83 bits per heavy atom. The number of urea groups is 1. The Kier molecular flexibility index (Phi) is 3.86. The van der Waals surface area contributed by atoms with Crippen molar-refractivity contribution in [1.29, 1.82) is 0 Å². The molecule has 1 fully saturated rings. The van der Waals surface area contributed by atoms with Crippen molar-refractivity contribution in [1.82, 2.24) is 5.32 Å². The number of carboxylic acid groups (broad SMARTS) is 1. The smallest absolute Gasteiger partial charge is 0.338 e. The van der Waals surface area contributed by atoms with Gasteiger partial charge in [-0.3, -0.25) is 5.32 Å². The van der Waals surface area contributed by atoms with Crippen LogP contribution in [0.15, 0.2) is 11.4 Å². The number of hydrogen-bond acceptors (Lipinski definition) is 3. The largest absolute Gasteiger partial charge is 0.478 e. The summed E-state index contributed by atoms with van der Waals surface area (Å²) >= 11 is 1.21. The molecule has 0 saturated heterocycles. The third kappa shape index (κ3) is 2.81. The SMILES string of the molecule is CC1CCCC1NC(=O)Nc1sccc1C(=O)O. The first-order valence-electron chi connectivity index (χ1n) is 5.96. The molecule has 3 N–H and O–H groups in total. The summed E-state index contributed by atoms with van der Waals surface area (Å²) < 4.78 is 0. The molecule has 5 nitrogen and oxygen atoms in total. The number of carbonyl (C=O) groups is 2. The molecule has 0 bridgehead atoms. The molecule has 0 aromatic carbocycles. The highest BCUT2D eigenvalue weighted by atomic mass is 32.1. The van der Waals surface area contributed by atoms with Crippen LogP contribution in [0.1, 0.15) is 36.5 Å². The maximum Gasteiger partial charge on any atom is 0.338 e. The van der Waals surface area contributed by atoms with Gasteiger partial charge in [0.05, 0.1) is 5.56 Å². The van der Waals surface area contributed by atoms with Crippen LogP contribution in [0.25, 0.3) is 0 Å². The Balaban J connectivity index is 1.94. The molecule has 2 unspecified atom stereocenters. The van der Waals surface area contributed by atoms with Crippen LogP contribution in [0, 0.1) is 5.92 Å². The van der Waals surface area contributed by atoms with E-state index >= 15 is 0 Å². The van der Waals surface area contributed by atoms with Crippen LogP contribution >= 0.6 is 11.3 Å². The minimum Gasteiger partial charge on any atom is -0.478 e. The summed E-state index contributed by atoms with van der Waals surface area (Å²) in [7, 11) is 0. The number of rotatable bonds is 3. The maximum atomic E-state index is 11.8. The lowest BCUT2D eigenvalue weighted by atomic mass is 10.1. The number of anilines is 1. The van der Waals surface area contributed by atoms with Gasteiger partial charge in [0.2, 0.25) is 0 Å². The second-order valence-corrected chi connectivity index (χ2v) is 5.50. The summed E-state index contributed by atoms with van der Waals surface area (Å²) in [6.07, 6.45) is 3.25. The summed E-state index contributed by atoms with van der Waals surface area (Å²) in [5.41, 5.74) is 0.134. The van der Waals surface area contributed by atoms with Crippen molar-refractivity contribution in [3.05, 3.63) is 17.0 Å². The summed E-state index contributed by atoms with van der Waals surface area (Å²) in [4.78, 5) is 22.7. The fraction of sp³-hybridized carbons (Fsp3) is 0.500. The minimum absolute atomic E-state index is 0.134. The molecule has 1 heterocycles. The zero-order valence-electron chi connectivity index (χ0n) is 10.1. The van der Waals surface area contributed by atoms with Gasteiger partial charge >= 0.3 is 12.0 Å². The van der Waals surface area contributed by atoms with Crippen LogP contribution in [-0.2, 0) is 0 Å². The summed E-state index contributed by atoms with van der Waals surface area (Å²) in [5, 5.41) is 16.5. The average molecular weight is 268 g/mol. The Labute approximate surface area is 109 Å². The first-order chi connectivity index (χ1) is 8.58. The summed E-state index contributed by atoms with van der Waals surface area (Å²) in [5.74, 6) is -0.543. The van der Waals surface area contributed by atoms with E-state index in [9.17, 15) is 9.59 Å². The van der Waals surface area contributed by atoms with Crippen LogP contribution in [0.4, 0.5) is 9.80 Å². The fourth-order valence-corrected chi connectivity index (χ4v) is 3.02. The van der Waals surface area contributed by atoms with Gasteiger partial charge in [-0.1, -0.05) is 13.3 Å². The van der Waals surface area contributed by atoms with E-state index in [0.29, 0.717) is 10.9 Å². The molecule has 0 radical (unpaired) electrons. The molecule has 18 heavy (non-hydrogen) atoms.